The van der Waals surface area contributed by atoms with Crippen LogP contribution in [0.2, 0.25) is 5.02 Å². The van der Waals surface area contributed by atoms with E-state index in [1.807, 2.05) is 12.1 Å². The van der Waals surface area contributed by atoms with Crippen molar-refractivity contribution in [3.8, 4) is 16.9 Å². The molecule has 10 heteroatoms. The fourth-order valence-electron chi connectivity index (χ4n) is 3.33. The van der Waals surface area contributed by atoms with E-state index < -0.39 is 11.5 Å². The number of amides is 1. The summed E-state index contributed by atoms with van der Waals surface area (Å²) in [7, 11) is 1.54. The molecule has 0 unspecified atom stereocenters. The van der Waals surface area contributed by atoms with Crippen LogP contribution in [0.3, 0.4) is 0 Å². The lowest BCUT2D eigenvalue weighted by Gasteiger charge is -2.09. The van der Waals surface area contributed by atoms with Gasteiger partial charge >= 0.3 is 0 Å². The Morgan fingerprint density at radius 3 is 2.50 bits per heavy atom. The maximum Gasteiger partial charge on any atom is 0.299 e. The van der Waals surface area contributed by atoms with E-state index >= 15 is 0 Å². The highest BCUT2D eigenvalue weighted by Crippen LogP contribution is 2.25. The van der Waals surface area contributed by atoms with Gasteiger partial charge in [0.25, 0.3) is 11.5 Å². The lowest BCUT2D eigenvalue weighted by atomic mass is 10.1. The first-order valence-electron chi connectivity index (χ1n) is 9.52. The maximum atomic E-state index is 12.9. The molecule has 0 spiro atoms. The van der Waals surface area contributed by atoms with Crippen LogP contribution in [0, 0.1) is 0 Å². The van der Waals surface area contributed by atoms with E-state index in [0.717, 1.165) is 15.8 Å². The highest BCUT2D eigenvalue weighted by Gasteiger charge is 2.15. The Morgan fingerprint density at radius 1 is 1.03 bits per heavy atom. The van der Waals surface area contributed by atoms with Crippen molar-refractivity contribution in [3.63, 3.8) is 0 Å². The predicted octanol–water partition coefficient (Wildman–Crippen LogP) is 3.15. The van der Waals surface area contributed by atoms with Crippen LogP contribution in [-0.4, -0.2) is 37.5 Å². The monoisotopic (exact) mass is 446 g/mol. The Kier molecular flexibility index (Phi) is 4.79. The molecule has 3 heterocycles. The van der Waals surface area contributed by atoms with Gasteiger partial charge in [-0.25, -0.2) is 9.19 Å². The van der Waals surface area contributed by atoms with E-state index in [0.29, 0.717) is 27.5 Å². The Hall–Kier alpha value is -4.24. The smallest absolute Gasteiger partial charge is 0.299 e. The van der Waals surface area contributed by atoms with Gasteiger partial charge in [0.1, 0.15) is 11.3 Å². The first kappa shape index (κ1) is 19.7. The van der Waals surface area contributed by atoms with Crippen molar-refractivity contribution in [2.24, 2.45) is 0 Å². The van der Waals surface area contributed by atoms with E-state index in [2.05, 4.69) is 20.7 Å². The highest BCUT2D eigenvalue weighted by molar-refractivity contribution is 6.30. The summed E-state index contributed by atoms with van der Waals surface area (Å²) in [6.07, 6.45) is 3.11. The van der Waals surface area contributed by atoms with Crippen LogP contribution in [0.15, 0.2) is 71.8 Å². The molecule has 5 aromatic rings. The van der Waals surface area contributed by atoms with E-state index in [1.54, 1.807) is 60.3 Å². The number of pyridine rings is 1. The minimum absolute atomic E-state index is 0.0702. The molecule has 0 aliphatic heterocycles. The molecule has 0 aliphatic carbocycles. The van der Waals surface area contributed by atoms with Gasteiger partial charge in [-0.15, -0.1) is 10.2 Å². The zero-order valence-corrected chi connectivity index (χ0v) is 17.4. The fraction of sp³-hybridized carbons (Fsp3) is 0.0455. The van der Waals surface area contributed by atoms with Gasteiger partial charge in [0.2, 0.25) is 0 Å². The Labute approximate surface area is 185 Å². The van der Waals surface area contributed by atoms with Crippen LogP contribution >= 0.6 is 11.6 Å². The molecule has 0 fully saturated rings. The fourth-order valence-corrected chi connectivity index (χ4v) is 3.46. The molecule has 158 valence electrons. The number of rotatable bonds is 4. The summed E-state index contributed by atoms with van der Waals surface area (Å²) >= 11 is 5.97. The molecule has 0 saturated carbocycles. The Balaban J connectivity index is 1.52. The summed E-state index contributed by atoms with van der Waals surface area (Å²) in [4.78, 5) is 25.4. The number of carbonyl (C=O) groups excluding carboxylic acids is 1. The van der Waals surface area contributed by atoms with Crippen LogP contribution in [0.1, 0.15) is 10.4 Å². The number of nitrogens with one attached hydrogen (secondary N) is 1. The molecular formula is C22H15ClN6O3. The standard InChI is InChI=1S/C22H15ClN6O3/c1-32-16-8-4-14(5-9-16)21(30)27-28-11-10-18-19(22(28)31)25-26-20-17(12-24-29(18)20)13-2-6-15(23)7-3-13/h2-12H,1H3,(H,27,30). The number of aromatic nitrogens is 5. The maximum absolute atomic E-state index is 12.9. The van der Waals surface area contributed by atoms with Crippen molar-refractivity contribution < 1.29 is 9.53 Å². The number of hydrogen-bond acceptors (Lipinski definition) is 6. The number of methoxy groups -OCH3 is 1. The third-order valence-corrected chi connectivity index (χ3v) is 5.24. The van der Waals surface area contributed by atoms with Gasteiger partial charge in [0.15, 0.2) is 11.2 Å². The lowest BCUT2D eigenvalue weighted by Crippen LogP contribution is -2.33. The highest BCUT2D eigenvalue weighted by atomic mass is 35.5. The molecule has 1 N–H and O–H groups in total. The van der Waals surface area contributed by atoms with E-state index in [4.69, 9.17) is 16.3 Å². The molecule has 5 rings (SSSR count). The lowest BCUT2D eigenvalue weighted by molar-refractivity contribution is 0.101. The van der Waals surface area contributed by atoms with Crippen LogP contribution in [0.25, 0.3) is 27.8 Å². The van der Waals surface area contributed by atoms with Gasteiger partial charge in [0.05, 0.1) is 13.3 Å². The minimum atomic E-state index is -0.526. The normalized spacial score (nSPS) is 11.1. The summed E-state index contributed by atoms with van der Waals surface area (Å²) in [5.74, 6) is 0.174. The summed E-state index contributed by atoms with van der Waals surface area (Å²) < 4.78 is 7.70. The zero-order chi connectivity index (χ0) is 22.2. The SMILES string of the molecule is COc1ccc(C(=O)Nn2ccc3c(nnc4c(-c5ccc(Cl)cc5)cnn43)c2=O)cc1. The minimum Gasteiger partial charge on any atom is -0.497 e. The average molecular weight is 447 g/mol. The second kappa shape index (κ2) is 7.78. The van der Waals surface area contributed by atoms with Crippen molar-refractivity contribution in [1.82, 2.24) is 24.5 Å². The van der Waals surface area contributed by atoms with Crippen LogP contribution in [0.4, 0.5) is 0 Å². The van der Waals surface area contributed by atoms with Crippen LogP contribution < -0.4 is 15.7 Å². The summed E-state index contributed by atoms with van der Waals surface area (Å²) in [6.45, 7) is 0. The van der Waals surface area contributed by atoms with Crippen molar-refractivity contribution in [2.45, 2.75) is 0 Å². The molecular weight excluding hydrogens is 432 g/mol. The third-order valence-electron chi connectivity index (χ3n) is 4.99. The molecule has 0 radical (unpaired) electrons. The average Bonchev–Trinajstić information content (AvgIpc) is 3.26. The largest absolute Gasteiger partial charge is 0.497 e. The van der Waals surface area contributed by atoms with E-state index in [-0.39, 0.29) is 5.52 Å². The molecule has 3 aromatic heterocycles. The number of hydrogen-bond donors (Lipinski definition) is 1. The number of carbonyl (C=O) groups is 1. The third kappa shape index (κ3) is 3.34. The summed E-state index contributed by atoms with van der Waals surface area (Å²) in [6, 6.07) is 15.4. The Morgan fingerprint density at radius 2 is 1.78 bits per heavy atom. The van der Waals surface area contributed by atoms with Crippen molar-refractivity contribution >= 4 is 34.2 Å². The molecule has 0 atom stereocenters. The van der Waals surface area contributed by atoms with Gasteiger partial charge in [-0.05, 0) is 48.0 Å². The van der Waals surface area contributed by atoms with E-state index in [1.165, 1.54) is 6.20 Å². The zero-order valence-electron chi connectivity index (χ0n) is 16.7. The number of benzene rings is 2. The number of fused-ring (bicyclic) bond motifs is 3. The van der Waals surface area contributed by atoms with Crippen LogP contribution in [0.5, 0.6) is 5.75 Å². The topological polar surface area (TPSA) is 103 Å². The molecule has 9 nitrogen and oxygen atoms in total. The number of ether oxygens (including phenoxy) is 1. The summed E-state index contributed by atoms with van der Waals surface area (Å²) in [5.41, 5.74) is 5.07. The van der Waals surface area contributed by atoms with Crippen molar-refractivity contribution in [1.29, 1.82) is 0 Å². The molecule has 0 bridgehead atoms. The second-order valence-electron chi connectivity index (χ2n) is 6.89. The van der Waals surface area contributed by atoms with Crippen LogP contribution in [-0.2, 0) is 0 Å². The van der Waals surface area contributed by atoms with Gasteiger partial charge in [-0.3, -0.25) is 15.0 Å². The van der Waals surface area contributed by atoms with Gasteiger partial charge in [-0.1, -0.05) is 23.7 Å². The molecule has 2 aromatic carbocycles. The first-order chi connectivity index (χ1) is 15.5. The number of halogens is 1. The van der Waals surface area contributed by atoms with E-state index in [9.17, 15) is 9.59 Å². The molecule has 0 saturated heterocycles. The van der Waals surface area contributed by atoms with Gasteiger partial charge in [-0.2, -0.15) is 5.10 Å². The summed E-state index contributed by atoms with van der Waals surface area (Å²) in [5, 5.41) is 13.3. The van der Waals surface area contributed by atoms with Gasteiger partial charge in [0, 0.05) is 22.3 Å². The number of nitrogens with zero attached hydrogens (tertiary/aromatic N) is 5. The quantitative estimate of drug-likeness (QED) is 0.455. The Bertz CT molecular complexity index is 1520. The molecule has 32 heavy (non-hydrogen) atoms. The predicted molar refractivity (Wildman–Crippen MR) is 120 cm³/mol. The second-order valence-corrected chi connectivity index (χ2v) is 7.33. The van der Waals surface area contributed by atoms with Gasteiger partial charge < -0.3 is 4.74 Å². The van der Waals surface area contributed by atoms with Crippen molar-refractivity contribution in [3.05, 3.63) is 87.9 Å². The first-order valence-corrected chi connectivity index (χ1v) is 9.90. The molecule has 1 amide bonds. The van der Waals surface area contributed by atoms with Crippen molar-refractivity contribution in [2.75, 3.05) is 12.5 Å². The molecule has 0 aliphatic rings.